The number of carbonyl (C=O) groups is 2. The first-order valence-corrected chi connectivity index (χ1v) is 20.7. The topological polar surface area (TPSA) is 132 Å². The summed E-state index contributed by atoms with van der Waals surface area (Å²) >= 11 is 0. The van der Waals surface area contributed by atoms with E-state index in [1.807, 2.05) is 71.9 Å². The third-order valence-corrected chi connectivity index (χ3v) is 12.8. The number of ether oxygens (including phenoxy) is 2. The molecule has 0 saturated heterocycles. The molecule has 0 aliphatic heterocycles. The Morgan fingerprint density at radius 3 is 1.39 bits per heavy atom. The standard InChI is InChI=1S/C32H62N2O10Si2/c1-8-30(23-17-19-27-38-32(36)34-25-21-29-46(42-12-5,43-13-6)44-14-7)22-16-15-18-26-37-31(35)33-24-20-28-45(39-9-2,40-10-3)41-11-4/h8,15,17-19,30H,1,9-14,16,20-29H2,2-7H3,(H,33,35)(H,34,36). The summed E-state index contributed by atoms with van der Waals surface area (Å²) in [6.45, 7) is 19.9. The van der Waals surface area contributed by atoms with Gasteiger partial charge in [-0.05, 0) is 79.6 Å². The van der Waals surface area contributed by atoms with Gasteiger partial charge in [0, 0.05) is 64.8 Å². The van der Waals surface area contributed by atoms with Crippen LogP contribution in [0.5, 0.6) is 0 Å². The normalized spacial score (nSPS) is 12.8. The van der Waals surface area contributed by atoms with Gasteiger partial charge in [0.1, 0.15) is 13.2 Å². The molecule has 0 rings (SSSR count). The number of carbonyl (C=O) groups excluding carboxylic acids is 2. The third-order valence-electron chi connectivity index (χ3n) is 6.47. The molecule has 1 unspecified atom stereocenters. The number of amides is 2. The van der Waals surface area contributed by atoms with Crippen molar-refractivity contribution in [2.75, 3.05) is 65.9 Å². The summed E-state index contributed by atoms with van der Waals surface area (Å²) in [5.74, 6) is 0.283. The zero-order chi connectivity index (χ0) is 34.4. The van der Waals surface area contributed by atoms with Gasteiger partial charge >= 0.3 is 29.8 Å². The number of hydrogen-bond donors (Lipinski definition) is 2. The van der Waals surface area contributed by atoms with Crippen molar-refractivity contribution in [3.8, 4) is 0 Å². The molecule has 1 atom stereocenters. The molecule has 0 radical (unpaired) electrons. The van der Waals surface area contributed by atoms with E-state index >= 15 is 0 Å². The van der Waals surface area contributed by atoms with Gasteiger partial charge in [-0.2, -0.15) is 0 Å². The van der Waals surface area contributed by atoms with Gasteiger partial charge in [0.25, 0.3) is 0 Å². The average Bonchev–Trinajstić information content (AvgIpc) is 3.02. The quantitative estimate of drug-likeness (QED) is 0.0496. The van der Waals surface area contributed by atoms with E-state index in [1.54, 1.807) is 0 Å². The van der Waals surface area contributed by atoms with Gasteiger partial charge in [-0.1, -0.05) is 30.4 Å². The molecule has 2 amide bonds. The number of rotatable bonds is 30. The minimum absolute atomic E-state index is 0.193. The van der Waals surface area contributed by atoms with E-state index in [0.717, 1.165) is 19.3 Å². The molecule has 0 saturated carbocycles. The molecule has 12 nitrogen and oxygen atoms in total. The summed E-state index contributed by atoms with van der Waals surface area (Å²) in [7, 11) is -5.40. The van der Waals surface area contributed by atoms with Crippen LogP contribution in [0.3, 0.4) is 0 Å². The predicted octanol–water partition coefficient (Wildman–Crippen LogP) is 6.40. The van der Waals surface area contributed by atoms with Gasteiger partial charge in [0.15, 0.2) is 0 Å². The summed E-state index contributed by atoms with van der Waals surface area (Å²) in [6, 6.07) is 1.26. The van der Waals surface area contributed by atoms with Crippen LogP contribution in [0.25, 0.3) is 0 Å². The van der Waals surface area contributed by atoms with E-state index in [0.29, 0.717) is 77.7 Å². The summed E-state index contributed by atoms with van der Waals surface area (Å²) < 4.78 is 45.4. The monoisotopic (exact) mass is 690 g/mol. The van der Waals surface area contributed by atoms with Crippen LogP contribution in [-0.4, -0.2) is 95.7 Å². The Morgan fingerprint density at radius 1 is 0.630 bits per heavy atom. The lowest BCUT2D eigenvalue weighted by molar-refractivity contribution is 0.0700. The summed E-state index contributed by atoms with van der Waals surface area (Å²) in [4.78, 5) is 24.0. The van der Waals surface area contributed by atoms with Crippen LogP contribution in [0.4, 0.5) is 9.59 Å². The Kier molecular flexibility index (Phi) is 27.8. The highest BCUT2D eigenvalue weighted by molar-refractivity contribution is 6.61. The smallest absolute Gasteiger partial charge is 0.445 e. The molecule has 46 heavy (non-hydrogen) atoms. The molecule has 0 aliphatic carbocycles. The zero-order valence-electron chi connectivity index (χ0n) is 29.3. The molecule has 0 aliphatic rings. The fraction of sp³-hybridized carbons (Fsp3) is 0.750. The van der Waals surface area contributed by atoms with E-state index in [2.05, 4.69) is 17.2 Å². The zero-order valence-corrected chi connectivity index (χ0v) is 31.3. The second-order valence-corrected chi connectivity index (χ2v) is 15.4. The molecule has 0 aromatic carbocycles. The maximum Gasteiger partial charge on any atom is 0.500 e. The Balaban J connectivity index is 4.14. The van der Waals surface area contributed by atoms with Crippen molar-refractivity contribution in [2.24, 2.45) is 5.92 Å². The number of allylic oxidation sites excluding steroid dienone is 3. The Bertz CT molecular complexity index is 814. The van der Waals surface area contributed by atoms with Crippen molar-refractivity contribution in [3.05, 3.63) is 37.0 Å². The van der Waals surface area contributed by atoms with Gasteiger partial charge in [0.2, 0.25) is 0 Å². The SMILES string of the molecule is C=CC(CC=CCOC(=O)NCCC[Si](OCC)(OCC)OCC)CCC=CCOC(=O)NCCC[Si](OCC)(OCC)OCC. The molecule has 0 aromatic rings. The molecule has 2 N–H and O–H groups in total. The maximum absolute atomic E-state index is 12.0. The molecule has 0 aromatic heterocycles. The largest absolute Gasteiger partial charge is 0.500 e. The van der Waals surface area contributed by atoms with Crippen LogP contribution in [0.2, 0.25) is 12.1 Å². The first-order chi connectivity index (χ1) is 22.3. The van der Waals surface area contributed by atoms with Crippen molar-refractivity contribution >= 4 is 29.8 Å². The van der Waals surface area contributed by atoms with E-state index in [1.165, 1.54) is 0 Å². The van der Waals surface area contributed by atoms with Crippen molar-refractivity contribution in [3.63, 3.8) is 0 Å². The minimum atomic E-state index is -2.70. The molecule has 14 heteroatoms. The lowest BCUT2D eigenvalue weighted by atomic mass is 9.99. The lowest BCUT2D eigenvalue weighted by Crippen LogP contribution is -2.46. The van der Waals surface area contributed by atoms with Crippen LogP contribution >= 0.6 is 0 Å². The van der Waals surface area contributed by atoms with E-state index in [-0.39, 0.29) is 19.1 Å². The summed E-state index contributed by atoms with van der Waals surface area (Å²) in [6.07, 6.45) is 12.5. The van der Waals surface area contributed by atoms with E-state index in [9.17, 15) is 9.59 Å². The average molecular weight is 691 g/mol. The third kappa shape index (κ3) is 21.7. The van der Waals surface area contributed by atoms with Crippen molar-refractivity contribution in [1.82, 2.24) is 10.6 Å². The van der Waals surface area contributed by atoms with Crippen molar-refractivity contribution < 1.29 is 45.6 Å². The first kappa shape index (κ1) is 44.0. The van der Waals surface area contributed by atoms with Crippen LogP contribution in [0, 0.1) is 5.92 Å². The number of nitrogens with one attached hydrogen (secondary N) is 2. The van der Waals surface area contributed by atoms with Gasteiger partial charge in [0.05, 0.1) is 0 Å². The maximum atomic E-state index is 12.0. The molecule has 0 heterocycles. The van der Waals surface area contributed by atoms with E-state index in [4.69, 9.17) is 36.0 Å². The minimum Gasteiger partial charge on any atom is -0.445 e. The molecular formula is C32H62N2O10Si2. The first-order valence-electron chi connectivity index (χ1n) is 16.9. The van der Waals surface area contributed by atoms with Gasteiger partial charge in [-0.25, -0.2) is 9.59 Å². The highest BCUT2D eigenvalue weighted by Gasteiger charge is 2.40. The van der Waals surface area contributed by atoms with Gasteiger partial charge in [-0.15, -0.1) is 6.58 Å². The Hall–Kier alpha value is -2.05. The highest BCUT2D eigenvalue weighted by Crippen LogP contribution is 2.19. The van der Waals surface area contributed by atoms with Crippen molar-refractivity contribution in [1.29, 1.82) is 0 Å². The number of alkyl carbamates (subject to hydrolysis) is 2. The second-order valence-electron chi connectivity index (χ2n) is 9.97. The van der Waals surface area contributed by atoms with Crippen molar-refractivity contribution in [2.45, 2.75) is 85.7 Å². The number of hydrogen-bond acceptors (Lipinski definition) is 10. The van der Waals surface area contributed by atoms with Crippen LogP contribution in [-0.2, 0) is 36.0 Å². The molecule has 0 bridgehead atoms. The van der Waals surface area contributed by atoms with Gasteiger partial charge < -0.3 is 46.7 Å². The molecular weight excluding hydrogens is 629 g/mol. The molecule has 0 spiro atoms. The Labute approximate surface area is 280 Å². The highest BCUT2D eigenvalue weighted by atomic mass is 28.4. The van der Waals surface area contributed by atoms with Crippen LogP contribution < -0.4 is 10.6 Å². The predicted molar refractivity (Wildman–Crippen MR) is 185 cm³/mol. The molecule has 0 fully saturated rings. The summed E-state index contributed by atoms with van der Waals surface area (Å²) in [5.41, 5.74) is 0. The molecule has 268 valence electrons. The lowest BCUT2D eigenvalue weighted by Gasteiger charge is -2.28. The van der Waals surface area contributed by atoms with Crippen LogP contribution in [0.15, 0.2) is 37.0 Å². The van der Waals surface area contributed by atoms with Gasteiger partial charge in [-0.3, -0.25) is 0 Å². The fourth-order valence-electron chi connectivity index (χ4n) is 4.51. The Morgan fingerprint density at radius 2 is 1.02 bits per heavy atom. The van der Waals surface area contributed by atoms with E-state index < -0.39 is 29.8 Å². The fourth-order valence-corrected chi connectivity index (χ4v) is 9.73. The second kappa shape index (κ2) is 29.1. The summed E-state index contributed by atoms with van der Waals surface area (Å²) in [5, 5.41) is 5.53. The van der Waals surface area contributed by atoms with Crippen LogP contribution in [0.1, 0.15) is 73.6 Å².